The highest BCUT2D eigenvalue weighted by Crippen LogP contribution is 2.37. The smallest absolute Gasteiger partial charge is 0.208 e. The van der Waals surface area contributed by atoms with Gasteiger partial charge in [0, 0.05) is 42.2 Å². The number of halogens is 1. The fourth-order valence-corrected chi connectivity index (χ4v) is 5.80. The van der Waals surface area contributed by atoms with Crippen molar-refractivity contribution >= 4 is 43.9 Å². The highest BCUT2D eigenvalue weighted by Gasteiger charge is 2.30. The van der Waals surface area contributed by atoms with E-state index in [1.807, 2.05) is 18.3 Å². The molecule has 3 aromatic rings. The predicted molar refractivity (Wildman–Crippen MR) is 126 cm³/mol. The normalized spacial score (nSPS) is 21.5. The number of hydrogen-bond acceptors (Lipinski definition) is 6. The van der Waals surface area contributed by atoms with Crippen molar-refractivity contribution < 1.29 is 8.42 Å². The summed E-state index contributed by atoms with van der Waals surface area (Å²) in [5.74, 6) is 0. The lowest BCUT2D eigenvalue weighted by atomic mass is 9.89. The zero-order valence-electron chi connectivity index (χ0n) is 18.0. The molecule has 0 saturated carbocycles. The van der Waals surface area contributed by atoms with Crippen LogP contribution in [0.1, 0.15) is 43.1 Å². The molecule has 0 spiro atoms. The van der Waals surface area contributed by atoms with Crippen molar-refractivity contribution in [3.8, 4) is 0 Å². The summed E-state index contributed by atoms with van der Waals surface area (Å²) in [6.45, 7) is 2.87. The molecule has 168 valence electrons. The van der Waals surface area contributed by atoms with Gasteiger partial charge in [0.15, 0.2) is 0 Å². The number of nitrogens with zero attached hydrogens (tertiary/aromatic N) is 4. The third-order valence-electron chi connectivity index (χ3n) is 6.26. The Morgan fingerprint density at radius 2 is 2.16 bits per heavy atom. The number of anilines is 1. The molecular weight excluding hydrogens is 448 g/mol. The van der Waals surface area contributed by atoms with E-state index in [1.165, 1.54) is 6.26 Å². The molecule has 0 amide bonds. The number of hydrogen-bond donors (Lipinski definition) is 2. The van der Waals surface area contributed by atoms with Crippen LogP contribution in [-0.4, -0.2) is 46.7 Å². The van der Waals surface area contributed by atoms with Crippen molar-refractivity contribution in [1.29, 1.82) is 0 Å². The van der Waals surface area contributed by atoms with Crippen LogP contribution in [0.3, 0.4) is 0 Å². The van der Waals surface area contributed by atoms with Crippen molar-refractivity contribution in [3.63, 3.8) is 0 Å². The maximum absolute atomic E-state index is 11.6. The molecule has 2 N–H and O–H groups in total. The highest BCUT2D eigenvalue weighted by atomic mass is 35.5. The number of nitrogens with one attached hydrogen (secondary N) is 2. The van der Waals surface area contributed by atoms with Gasteiger partial charge in [0.1, 0.15) is 17.1 Å². The second-order valence-corrected chi connectivity index (χ2v) is 10.8. The van der Waals surface area contributed by atoms with Gasteiger partial charge in [-0.15, -0.1) is 0 Å². The van der Waals surface area contributed by atoms with E-state index in [-0.39, 0.29) is 12.1 Å². The Morgan fingerprint density at radius 1 is 1.31 bits per heavy atom. The van der Waals surface area contributed by atoms with E-state index < -0.39 is 10.0 Å². The van der Waals surface area contributed by atoms with Crippen LogP contribution in [0, 0.1) is 0 Å². The predicted octanol–water partition coefficient (Wildman–Crippen LogP) is 3.44. The first-order chi connectivity index (χ1) is 15.3. The standard InChI is InChI=1S/C22H25ClN6O2S/c1-13-9-18-17(11-29(13)19-10-20(23)27-22-16(19)7-8-24-22)21(26-12-25-18)14-3-5-15(6-4-14)28-32(2,30)31/h3,7-8,10,12-13,15,28H,4-6,9,11H2,1-2H3,(H,24,27)/t13-,15?/m1/s1. The first-order valence-corrected chi connectivity index (χ1v) is 12.9. The maximum atomic E-state index is 11.6. The molecule has 32 heavy (non-hydrogen) atoms. The molecule has 3 aromatic heterocycles. The number of sulfonamides is 1. The molecule has 0 saturated heterocycles. The van der Waals surface area contributed by atoms with Gasteiger partial charge in [-0.1, -0.05) is 17.7 Å². The Morgan fingerprint density at radius 3 is 2.91 bits per heavy atom. The SMILES string of the molecule is C[C@@H]1Cc2ncnc(C3=CCC(NS(C)(=O)=O)CC3)c2CN1c1cc(Cl)nc2[nH]ccc12. The van der Waals surface area contributed by atoms with Gasteiger partial charge in [-0.3, -0.25) is 0 Å². The first-order valence-electron chi connectivity index (χ1n) is 10.7. The number of aromatic nitrogens is 4. The van der Waals surface area contributed by atoms with Gasteiger partial charge in [-0.05, 0) is 43.9 Å². The zero-order chi connectivity index (χ0) is 22.5. The van der Waals surface area contributed by atoms with Gasteiger partial charge >= 0.3 is 0 Å². The number of rotatable bonds is 4. The van der Waals surface area contributed by atoms with Gasteiger partial charge in [-0.2, -0.15) is 0 Å². The summed E-state index contributed by atoms with van der Waals surface area (Å²) >= 11 is 6.32. The van der Waals surface area contributed by atoms with Gasteiger partial charge < -0.3 is 9.88 Å². The highest BCUT2D eigenvalue weighted by molar-refractivity contribution is 7.88. The lowest BCUT2D eigenvalue weighted by Gasteiger charge is -2.37. The second kappa shape index (κ2) is 8.13. The quantitative estimate of drug-likeness (QED) is 0.563. The van der Waals surface area contributed by atoms with E-state index in [1.54, 1.807) is 6.33 Å². The van der Waals surface area contributed by atoms with E-state index in [2.05, 4.69) is 42.6 Å². The Labute approximate surface area is 192 Å². The molecule has 2 aliphatic rings. The molecule has 1 aliphatic carbocycles. The average Bonchev–Trinajstić information content (AvgIpc) is 3.20. The molecular formula is C22H25ClN6O2S. The summed E-state index contributed by atoms with van der Waals surface area (Å²) in [6.07, 6.45) is 9.83. The average molecular weight is 473 g/mol. The van der Waals surface area contributed by atoms with E-state index in [0.717, 1.165) is 58.5 Å². The van der Waals surface area contributed by atoms with Gasteiger partial charge in [0.25, 0.3) is 0 Å². The Kier molecular flexibility index (Phi) is 5.43. The minimum Gasteiger partial charge on any atom is -0.363 e. The molecule has 8 nitrogen and oxygen atoms in total. The third-order valence-corrected chi connectivity index (χ3v) is 7.22. The van der Waals surface area contributed by atoms with Gasteiger partial charge in [-0.25, -0.2) is 28.1 Å². The Hall–Kier alpha value is -2.49. The zero-order valence-corrected chi connectivity index (χ0v) is 19.5. The lowest BCUT2D eigenvalue weighted by Crippen LogP contribution is -2.40. The van der Waals surface area contributed by atoms with E-state index in [0.29, 0.717) is 18.1 Å². The molecule has 0 aromatic carbocycles. The number of fused-ring (bicyclic) bond motifs is 2. The number of aromatic amines is 1. The van der Waals surface area contributed by atoms with E-state index in [9.17, 15) is 8.42 Å². The van der Waals surface area contributed by atoms with Crippen molar-refractivity contribution in [2.24, 2.45) is 0 Å². The number of pyridine rings is 1. The van der Waals surface area contributed by atoms with Crippen LogP contribution in [0.2, 0.25) is 5.15 Å². The van der Waals surface area contributed by atoms with Crippen LogP contribution in [0.5, 0.6) is 0 Å². The molecule has 5 rings (SSSR count). The number of allylic oxidation sites excluding steroid dienone is 1. The third kappa shape index (κ3) is 4.12. The van der Waals surface area contributed by atoms with Crippen LogP contribution < -0.4 is 9.62 Å². The minimum atomic E-state index is -3.21. The van der Waals surface area contributed by atoms with E-state index >= 15 is 0 Å². The fraction of sp³-hybridized carbons (Fsp3) is 0.409. The summed E-state index contributed by atoms with van der Waals surface area (Å²) < 4.78 is 25.8. The van der Waals surface area contributed by atoms with Crippen LogP contribution in [0.25, 0.3) is 16.6 Å². The largest absolute Gasteiger partial charge is 0.363 e. The van der Waals surface area contributed by atoms with Crippen LogP contribution >= 0.6 is 11.6 Å². The summed E-state index contributed by atoms with van der Waals surface area (Å²) in [5, 5.41) is 1.49. The minimum absolute atomic E-state index is 0.0660. The van der Waals surface area contributed by atoms with Crippen molar-refractivity contribution in [1.82, 2.24) is 24.7 Å². The molecule has 1 unspecified atom stereocenters. The van der Waals surface area contributed by atoms with Crippen LogP contribution in [-0.2, 0) is 23.0 Å². The molecule has 0 fully saturated rings. The summed E-state index contributed by atoms with van der Waals surface area (Å²) in [5.41, 5.74) is 6.14. The Bertz CT molecular complexity index is 1320. The summed E-state index contributed by atoms with van der Waals surface area (Å²) in [6, 6.07) is 4.12. The second-order valence-electron chi connectivity index (χ2n) is 8.62. The van der Waals surface area contributed by atoms with Crippen LogP contribution in [0.15, 0.2) is 30.7 Å². The van der Waals surface area contributed by atoms with Gasteiger partial charge in [0.05, 0.1) is 23.3 Å². The molecule has 1 aliphatic heterocycles. The summed E-state index contributed by atoms with van der Waals surface area (Å²) in [4.78, 5) is 19.1. The Balaban J connectivity index is 1.49. The molecule has 0 radical (unpaired) electrons. The van der Waals surface area contributed by atoms with Crippen molar-refractivity contribution in [2.75, 3.05) is 11.2 Å². The topological polar surface area (TPSA) is 104 Å². The monoisotopic (exact) mass is 472 g/mol. The van der Waals surface area contributed by atoms with Gasteiger partial charge in [0.2, 0.25) is 10.0 Å². The van der Waals surface area contributed by atoms with Crippen molar-refractivity contribution in [3.05, 3.63) is 52.8 Å². The molecule has 10 heteroatoms. The van der Waals surface area contributed by atoms with Crippen molar-refractivity contribution in [2.45, 2.75) is 51.2 Å². The summed E-state index contributed by atoms with van der Waals surface area (Å²) in [7, 11) is -3.21. The lowest BCUT2D eigenvalue weighted by molar-refractivity contribution is 0.528. The number of H-pyrrole nitrogens is 1. The molecule has 2 atom stereocenters. The van der Waals surface area contributed by atoms with Crippen LogP contribution in [0.4, 0.5) is 5.69 Å². The molecule has 4 heterocycles. The first kappa shape index (κ1) is 21.4. The maximum Gasteiger partial charge on any atom is 0.208 e. The van der Waals surface area contributed by atoms with E-state index in [4.69, 9.17) is 11.6 Å². The fourth-order valence-electron chi connectivity index (χ4n) is 4.79. The molecule has 0 bridgehead atoms.